The largest absolute Gasteiger partial charge is 0.545 e. The van der Waals surface area contributed by atoms with Gasteiger partial charge in [0.1, 0.15) is 0 Å². The molecule has 0 aliphatic heterocycles. The molecular weight excluding hydrogens is 221 g/mol. The molecule has 82 valence electrons. The van der Waals surface area contributed by atoms with E-state index in [9.17, 15) is 36.9 Å². The molecule has 10 heteroatoms. The van der Waals surface area contributed by atoms with Crippen molar-refractivity contribution in [2.24, 2.45) is 0 Å². The van der Waals surface area contributed by atoms with E-state index in [1.807, 2.05) is 0 Å². The number of hydrogen-bond donors (Lipinski definition) is 0. The Kier molecular flexibility index (Phi) is 3.32. The van der Waals surface area contributed by atoms with Crippen LogP contribution >= 0.6 is 0 Å². The van der Waals surface area contributed by atoms with E-state index in [1.54, 1.807) is 0 Å². The minimum atomic E-state index is -5.45. The van der Waals surface area contributed by atoms with Crippen molar-refractivity contribution in [3.05, 3.63) is 10.1 Å². The Morgan fingerprint density at radius 3 is 2.00 bits per heavy atom. The third kappa shape index (κ3) is 3.49. The highest BCUT2D eigenvalue weighted by molar-refractivity contribution is 5.75. The van der Waals surface area contributed by atoms with Crippen LogP contribution in [0.2, 0.25) is 0 Å². The van der Waals surface area contributed by atoms with E-state index in [-0.39, 0.29) is 0 Å². The van der Waals surface area contributed by atoms with E-state index in [4.69, 9.17) is 0 Å². The second kappa shape index (κ2) is 3.72. The Morgan fingerprint density at radius 2 is 1.71 bits per heavy atom. The lowest BCUT2D eigenvalue weighted by molar-refractivity contribution is -0.646. The van der Waals surface area contributed by atoms with Gasteiger partial charge < -0.3 is 4.74 Å². The number of carbonyl (C=O) groups excluding carboxylic acids is 1. The number of alkyl halides is 5. The van der Waals surface area contributed by atoms with Crippen LogP contribution in [-0.2, 0) is 9.53 Å². The van der Waals surface area contributed by atoms with Gasteiger partial charge in [-0.15, -0.1) is 8.78 Å². The van der Waals surface area contributed by atoms with E-state index in [0.717, 1.165) is 0 Å². The molecule has 0 aliphatic carbocycles. The van der Waals surface area contributed by atoms with Crippen molar-refractivity contribution in [2.45, 2.75) is 12.2 Å². The summed E-state index contributed by atoms with van der Waals surface area (Å²) in [6.45, 7) is -2.25. The summed E-state index contributed by atoms with van der Waals surface area (Å²) >= 11 is 0. The summed E-state index contributed by atoms with van der Waals surface area (Å²) in [4.78, 5) is 17.1. The van der Waals surface area contributed by atoms with Crippen LogP contribution < -0.4 is 0 Å². The first-order valence-corrected chi connectivity index (χ1v) is 2.83. The summed E-state index contributed by atoms with van der Waals surface area (Å²) in [7, 11) is 0. The summed E-state index contributed by atoms with van der Waals surface area (Å²) in [5.74, 6) is -2.90. The van der Waals surface area contributed by atoms with Crippen LogP contribution in [-0.4, -0.2) is 29.7 Å². The van der Waals surface area contributed by atoms with Crippen LogP contribution in [0.15, 0.2) is 0 Å². The number of nitrogens with zero attached hydrogens (tertiary/aromatic N) is 1. The van der Waals surface area contributed by atoms with Crippen molar-refractivity contribution in [1.82, 2.24) is 0 Å². The first-order chi connectivity index (χ1) is 6.07. The van der Waals surface area contributed by atoms with Gasteiger partial charge in [-0.05, 0) is 0 Å². The molecule has 0 saturated heterocycles. The maximum absolute atomic E-state index is 12.0. The van der Waals surface area contributed by atoms with E-state index in [1.165, 1.54) is 0 Å². The standard InChI is InChI=1S/C4H2F5NO4/c5-3(6,10(12)13)1-14-2(11)4(7,8)9/h1H2. The second-order valence-electron chi connectivity index (χ2n) is 2.00. The van der Waals surface area contributed by atoms with Gasteiger partial charge in [0.2, 0.25) is 6.61 Å². The lowest BCUT2D eigenvalue weighted by atomic mass is 10.6. The third-order valence-corrected chi connectivity index (χ3v) is 0.875. The molecule has 0 heterocycles. The van der Waals surface area contributed by atoms with Gasteiger partial charge in [-0.2, -0.15) is 13.2 Å². The highest BCUT2D eigenvalue weighted by Crippen LogP contribution is 2.19. The highest BCUT2D eigenvalue weighted by atomic mass is 19.4. The van der Waals surface area contributed by atoms with Gasteiger partial charge in [-0.1, -0.05) is 0 Å². The number of carbonyl (C=O) groups is 1. The minimum absolute atomic E-state index is 2.16. The first-order valence-electron chi connectivity index (χ1n) is 2.83. The van der Waals surface area contributed by atoms with Crippen LogP contribution in [0.4, 0.5) is 22.0 Å². The number of esters is 1. The Labute approximate surface area is 72.6 Å². The zero-order chi connectivity index (χ0) is 11.6. The van der Waals surface area contributed by atoms with Gasteiger partial charge in [-0.3, -0.25) is 10.1 Å². The van der Waals surface area contributed by atoms with E-state index < -0.39 is 29.7 Å². The second-order valence-corrected chi connectivity index (χ2v) is 2.00. The van der Waals surface area contributed by atoms with Crippen LogP contribution in [0.1, 0.15) is 0 Å². The number of rotatable bonds is 3. The molecule has 0 aromatic carbocycles. The van der Waals surface area contributed by atoms with Crippen molar-refractivity contribution >= 4 is 5.97 Å². The Balaban J connectivity index is 4.21. The number of halogens is 5. The third-order valence-electron chi connectivity index (χ3n) is 0.875. The molecule has 0 unspecified atom stereocenters. The zero-order valence-corrected chi connectivity index (χ0v) is 6.18. The summed E-state index contributed by atoms with van der Waals surface area (Å²) in [6, 6.07) is -4.72. The Morgan fingerprint density at radius 1 is 1.29 bits per heavy atom. The Hall–Kier alpha value is -1.48. The van der Waals surface area contributed by atoms with E-state index >= 15 is 0 Å². The molecule has 0 bridgehead atoms. The maximum atomic E-state index is 12.0. The van der Waals surface area contributed by atoms with Gasteiger partial charge in [0.15, 0.2) is 0 Å². The summed E-state index contributed by atoms with van der Waals surface area (Å²) in [5.41, 5.74) is 0. The van der Waals surface area contributed by atoms with Gasteiger partial charge in [0.25, 0.3) is 0 Å². The zero-order valence-electron chi connectivity index (χ0n) is 6.18. The molecule has 0 aromatic heterocycles. The highest BCUT2D eigenvalue weighted by Gasteiger charge is 2.49. The van der Waals surface area contributed by atoms with Crippen LogP contribution in [0.5, 0.6) is 0 Å². The summed E-state index contributed by atoms with van der Waals surface area (Å²) in [5, 5.41) is 9.47. The summed E-state index contributed by atoms with van der Waals surface area (Å²) < 4.78 is 60.9. The predicted molar refractivity (Wildman–Crippen MR) is 29.0 cm³/mol. The van der Waals surface area contributed by atoms with Crippen LogP contribution in [0.25, 0.3) is 0 Å². The molecule has 0 aromatic rings. The topological polar surface area (TPSA) is 69.4 Å². The van der Waals surface area contributed by atoms with Gasteiger partial charge in [0.05, 0.1) is 4.92 Å². The molecule has 0 rings (SSSR count). The monoisotopic (exact) mass is 223 g/mol. The molecule has 0 saturated carbocycles. The molecule has 0 N–H and O–H groups in total. The summed E-state index contributed by atoms with van der Waals surface area (Å²) in [6.07, 6.45) is -5.45. The van der Waals surface area contributed by atoms with Gasteiger partial charge in [0, 0.05) is 0 Å². The average Bonchev–Trinajstić information content (AvgIpc) is 1.98. The molecule has 0 fully saturated rings. The molecule has 5 nitrogen and oxygen atoms in total. The van der Waals surface area contributed by atoms with Crippen molar-refractivity contribution in [1.29, 1.82) is 0 Å². The SMILES string of the molecule is O=C(OCC(F)(F)[N+](=O)[O-])C(F)(F)F. The number of hydrogen-bond acceptors (Lipinski definition) is 4. The fraction of sp³-hybridized carbons (Fsp3) is 0.750. The van der Waals surface area contributed by atoms with E-state index in [2.05, 4.69) is 4.74 Å². The molecule has 0 spiro atoms. The smallest absolute Gasteiger partial charge is 0.444 e. The lowest BCUT2D eigenvalue weighted by Crippen LogP contribution is -2.37. The van der Waals surface area contributed by atoms with Gasteiger partial charge >= 0.3 is 18.2 Å². The normalized spacial score (nSPS) is 12.4. The Bertz CT molecular complexity index is 249. The fourth-order valence-corrected chi connectivity index (χ4v) is 0.287. The number of ether oxygens (including phenoxy) is 1. The maximum Gasteiger partial charge on any atom is 0.545 e. The van der Waals surface area contributed by atoms with Crippen molar-refractivity contribution in [2.75, 3.05) is 6.61 Å². The van der Waals surface area contributed by atoms with Crippen molar-refractivity contribution in [3.63, 3.8) is 0 Å². The molecule has 0 atom stereocenters. The fourth-order valence-electron chi connectivity index (χ4n) is 0.287. The molecular formula is C4H2F5NO4. The van der Waals surface area contributed by atoms with Crippen molar-refractivity contribution < 1.29 is 36.4 Å². The quantitative estimate of drug-likeness (QED) is 0.235. The van der Waals surface area contributed by atoms with Crippen molar-refractivity contribution in [3.8, 4) is 0 Å². The van der Waals surface area contributed by atoms with Crippen LogP contribution in [0.3, 0.4) is 0 Å². The average molecular weight is 223 g/mol. The minimum Gasteiger partial charge on any atom is -0.444 e. The predicted octanol–water partition coefficient (Wildman–Crippen LogP) is 0.961. The molecule has 0 amide bonds. The number of nitro groups is 1. The van der Waals surface area contributed by atoms with E-state index in [0.29, 0.717) is 0 Å². The van der Waals surface area contributed by atoms with Crippen LogP contribution in [0, 0.1) is 10.1 Å². The molecule has 0 radical (unpaired) electrons. The first kappa shape index (κ1) is 12.5. The van der Waals surface area contributed by atoms with Gasteiger partial charge in [-0.25, -0.2) is 4.79 Å². The lowest BCUT2D eigenvalue weighted by Gasteiger charge is -2.09. The molecule has 0 aliphatic rings. The molecule has 14 heavy (non-hydrogen) atoms.